The number of aryl methyl sites for hydroxylation is 1. The molecule has 2 rings (SSSR count). The molecule has 2 N–H and O–H groups in total. The Morgan fingerprint density at radius 1 is 1.15 bits per heavy atom. The number of Topliss-reactive ketones (excluding diaryl/α,β-unsaturated/α-hetero) is 1. The molecule has 1 aromatic heterocycles. The highest BCUT2D eigenvalue weighted by Crippen LogP contribution is 2.29. The molecular formula is C19H23ClN2O5. The number of esters is 1. The quantitative estimate of drug-likeness (QED) is 0.420. The lowest BCUT2D eigenvalue weighted by Gasteiger charge is -2.11. The maximum absolute atomic E-state index is 12.5. The van der Waals surface area contributed by atoms with Gasteiger partial charge in [0.1, 0.15) is 11.3 Å². The lowest BCUT2D eigenvalue weighted by atomic mass is 10.1. The SMILES string of the molecule is COCCn1c(C)cc(C(=O)COC(=O)c2cc(Cl)c(N)cc2OC)c1C. The van der Waals surface area contributed by atoms with E-state index in [0.29, 0.717) is 18.7 Å². The van der Waals surface area contributed by atoms with Crippen LogP contribution in [0.5, 0.6) is 5.75 Å². The van der Waals surface area contributed by atoms with E-state index in [0.717, 1.165) is 11.4 Å². The Labute approximate surface area is 162 Å². The standard InChI is InChI=1S/C19H23ClN2O5/c1-11-7-13(12(2)22(11)5-6-25-3)17(23)10-27-19(24)14-8-15(20)16(21)9-18(14)26-4/h7-9H,5-6,10,21H2,1-4H3. The van der Waals surface area contributed by atoms with Gasteiger partial charge in [-0.2, -0.15) is 0 Å². The van der Waals surface area contributed by atoms with Gasteiger partial charge in [-0.15, -0.1) is 0 Å². The van der Waals surface area contributed by atoms with Gasteiger partial charge in [-0.05, 0) is 26.0 Å². The fourth-order valence-electron chi connectivity index (χ4n) is 2.79. The van der Waals surface area contributed by atoms with Crippen LogP contribution in [0.25, 0.3) is 0 Å². The van der Waals surface area contributed by atoms with E-state index in [1.165, 1.54) is 19.2 Å². The summed E-state index contributed by atoms with van der Waals surface area (Å²) in [6.07, 6.45) is 0. The third kappa shape index (κ3) is 4.61. The van der Waals surface area contributed by atoms with Crippen LogP contribution in [-0.4, -0.2) is 43.8 Å². The van der Waals surface area contributed by atoms with Crippen LogP contribution in [0.3, 0.4) is 0 Å². The van der Waals surface area contributed by atoms with Gasteiger partial charge in [-0.1, -0.05) is 11.6 Å². The number of ether oxygens (including phenoxy) is 3. The minimum atomic E-state index is -0.713. The van der Waals surface area contributed by atoms with Crippen molar-refractivity contribution in [1.82, 2.24) is 4.57 Å². The van der Waals surface area contributed by atoms with Crippen molar-refractivity contribution in [3.63, 3.8) is 0 Å². The molecule has 0 atom stereocenters. The number of anilines is 1. The Hall–Kier alpha value is -2.51. The molecule has 0 saturated heterocycles. The molecule has 0 spiro atoms. The summed E-state index contributed by atoms with van der Waals surface area (Å²) in [6.45, 7) is 4.55. The van der Waals surface area contributed by atoms with Gasteiger partial charge in [0.05, 0.1) is 24.4 Å². The molecule has 1 aromatic carbocycles. The summed E-state index contributed by atoms with van der Waals surface area (Å²) in [4.78, 5) is 24.9. The minimum Gasteiger partial charge on any atom is -0.496 e. The van der Waals surface area contributed by atoms with Crippen molar-refractivity contribution in [3.8, 4) is 5.75 Å². The van der Waals surface area contributed by atoms with E-state index in [-0.39, 0.29) is 27.8 Å². The molecule has 0 saturated carbocycles. The monoisotopic (exact) mass is 394 g/mol. The zero-order valence-electron chi connectivity index (χ0n) is 15.8. The Morgan fingerprint density at radius 3 is 2.48 bits per heavy atom. The third-order valence-corrected chi connectivity index (χ3v) is 4.59. The van der Waals surface area contributed by atoms with E-state index in [4.69, 9.17) is 31.5 Å². The highest BCUT2D eigenvalue weighted by atomic mass is 35.5. The van der Waals surface area contributed by atoms with Gasteiger partial charge in [-0.25, -0.2) is 4.79 Å². The van der Waals surface area contributed by atoms with Crippen molar-refractivity contribution in [3.05, 3.63) is 45.7 Å². The van der Waals surface area contributed by atoms with E-state index in [9.17, 15) is 9.59 Å². The number of nitrogens with zero attached hydrogens (tertiary/aromatic N) is 1. The molecule has 0 fully saturated rings. The van der Waals surface area contributed by atoms with Gasteiger partial charge >= 0.3 is 5.97 Å². The molecule has 0 aliphatic heterocycles. The molecule has 0 bridgehead atoms. The topological polar surface area (TPSA) is 92.8 Å². The van der Waals surface area contributed by atoms with E-state index < -0.39 is 12.6 Å². The second-order valence-electron chi connectivity index (χ2n) is 6.00. The van der Waals surface area contributed by atoms with Crippen molar-refractivity contribution in [2.75, 3.05) is 33.2 Å². The average molecular weight is 395 g/mol. The average Bonchev–Trinajstić information content (AvgIpc) is 2.93. The lowest BCUT2D eigenvalue weighted by Crippen LogP contribution is -2.16. The van der Waals surface area contributed by atoms with Crippen LogP contribution in [0.1, 0.15) is 32.1 Å². The Kier molecular flexibility index (Phi) is 6.87. The predicted molar refractivity (Wildman–Crippen MR) is 103 cm³/mol. The number of halogens is 1. The number of nitrogens with two attached hydrogens (primary N) is 1. The number of carbonyl (C=O) groups is 2. The molecule has 0 unspecified atom stereocenters. The van der Waals surface area contributed by atoms with E-state index in [1.807, 2.05) is 18.4 Å². The molecule has 27 heavy (non-hydrogen) atoms. The third-order valence-electron chi connectivity index (χ3n) is 4.27. The number of aromatic nitrogens is 1. The summed E-state index contributed by atoms with van der Waals surface area (Å²) >= 11 is 5.96. The number of carbonyl (C=O) groups excluding carboxylic acids is 2. The maximum atomic E-state index is 12.5. The molecule has 146 valence electrons. The molecule has 1 heterocycles. The second-order valence-corrected chi connectivity index (χ2v) is 6.41. The number of ketones is 1. The van der Waals surface area contributed by atoms with Crippen molar-refractivity contribution in [2.45, 2.75) is 20.4 Å². The van der Waals surface area contributed by atoms with Crippen molar-refractivity contribution in [1.29, 1.82) is 0 Å². The van der Waals surface area contributed by atoms with Gasteiger partial charge in [0.2, 0.25) is 5.78 Å². The molecule has 8 heteroatoms. The van der Waals surface area contributed by atoms with Crippen molar-refractivity contribution >= 4 is 29.0 Å². The Bertz CT molecular complexity index is 860. The Balaban J connectivity index is 2.12. The summed E-state index contributed by atoms with van der Waals surface area (Å²) < 4.78 is 17.4. The lowest BCUT2D eigenvalue weighted by molar-refractivity contribution is 0.0471. The fraction of sp³-hybridized carbons (Fsp3) is 0.368. The van der Waals surface area contributed by atoms with Crippen LogP contribution in [0.4, 0.5) is 5.69 Å². The van der Waals surface area contributed by atoms with Crippen LogP contribution in [-0.2, 0) is 16.0 Å². The highest BCUT2D eigenvalue weighted by Gasteiger charge is 2.20. The maximum Gasteiger partial charge on any atom is 0.342 e. The summed E-state index contributed by atoms with van der Waals surface area (Å²) in [7, 11) is 3.02. The van der Waals surface area contributed by atoms with Crippen LogP contribution in [0.15, 0.2) is 18.2 Å². The largest absolute Gasteiger partial charge is 0.496 e. The molecular weight excluding hydrogens is 372 g/mol. The number of hydrogen-bond donors (Lipinski definition) is 1. The second kappa shape index (κ2) is 8.92. The first-order valence-corrected chi connectivity index (χ1v) is 8.67. The smallest absolute Gasteiger partial charge is 0.342 e. The summed E-state index contributed by atoms with van der Waals surface area (Å²) in [6, 6.07) is 4.57. The normalized spacial score (nSPS) is 10.7. The molecule has 0 radical (unpaired) electrons. The molecule has 0 aliphatic carbocycles. The molecule has 7 nitrogen and oxygen atoms in total. The van der Waals surface area contributed by atoms with Gasteiger partial charge < -0.3 is 24.5 Å². The van der Waals surface area contributed by atoms with Gasteiger partial charge in [0, 0.05) is 36.7 Å². The first-order valence-electron chi connectivity index (χ1n) is 8.29. The van der Waals surface area contributed by atoms with Crippen LogP contribution < -0.4 is 10.5 Å². The number of nitrogen functional groups attached to an aromatic ring is 1. The van der Waals surface area contributed by atoms with E-state index in [2.05, 4.69) is 0 Å². The predicted octanol–water partition coefficient (Wildman–Crippen LogP) is 3.04. The summed E-state index contributed by atoms with van der Waals surface area (Å²) in [5.41, 5.74) is 8.34. The summed E-state index contributed by atoms with van der Waals surface area (Å²) in [5.74, 6) is -0.775. The van der Waals surface area contributed by atoms with Crippen molar-refractivity contribution < 1.29 is 23.8 Å². The zero-order chi connectivity index (χ0) is 20.1. The Morgan fingerprint density at radius 2 is 1.85 bits per heavy atom. The van der Waals surface area contributed by atoms with Crippen molar-refractivity contribution in [2.24, 2.45) is 0 Å². The summed E-state index contributed by atoms with van der Waals surface area (Å²) in [5, 5.41) is 0.204. The number of methoxy groups -OCH3 is 2. The first-order chi connectivity index (χ1) is 12.8. The van der Waals surface area contributed by atoms with Gasteiger partial charge in [-0.3, -0.25) is 4.79 Å². The van der Waals surface area contributed by atoms with E-state index in [1.54, 1.807) is 13.2 Å². The molecule has 2 aromatic rings. The highest BCUT2D eigenvalue weighted by molar-refractivity contribution is 6.33. The number of rotatable bonds is 8. The molecule has 0 amide bonds. The number of hydrogen-bond acceptors (Lipinski definition) is 6. The molecule has 0 aliphatic rings. The number of benzene rings is 1. The first kappa shape index (κ1) is 20.8. The zero-order valence-corrected chi connectivity index (χ0v) is 16.6. The van der Waals surface area contributed by atoms with Gasteiger partial charge in [0.25, 0.3) is 0 Å². The minimum absolute atomic E-state index is 0.107. The van der Waals surface area contributed by atoms with Crippen LogP contribution in [0.2, 0.25) is 5.02 Å². The van der Waals surface area contributed by atoms with E-state index >= 15 is 0 Å². The van der Waals surface area contributed by atoms with Crippen LogP contribution in [0, 0.1) is 13.8 Å². The van der Waals surface area contributed by atoms with Gasteiger partial charge in [0.15, 0.2) is 6.61 Å². The fourth-order valence-corrected chi connectivity index (χ4v) is 2.96. The van der Waals surface area contributed by atoms with Crippen LogP contribution >= 0.6 is 11.6 Å².